The molecular weight excluding hydrogens is 352 g/mol. The molecule has 0 aliphatic carbocycles. The standard InChI is InChI=1S/C18H23BrN4/c1-12-5-4-8-23(11-12)17-9-14(3)20-18(22-17)21-15-7-6-13(2)16(19)10-15/h6-7,9-10,12H,4-5,8,11H2,1-3H3,(H,20,21,22). The maximum absolute atomic E-state index is 4.73. The molecule has 0 saturated carbocycles. The average Bonchev–Trinajstić information content (AvgIpc) is 2.50. The summed E-state index contributed by atoms with van der Waals surface area (Å²) in [7, 11) is 0. The predicted molar refractivity (Wildman–Crippen MR) is 99.5 cm³/mol. The number of hydrogen-bond donors (Lipinski definition) is 1. The minimum absolute atomic E-state index is 0.661. The second kappa shape index (κ2) is 6.87. The highest BCUT2D eigenvalue weighted by Gasteiger charge is 2.18. The minimum Gasteiger partial charge on any atom is -0.356 e. The highest BCUT2D eigenvalue weighted by molar-refractivity contribution is 9.10. The lowest BCUT2D eigenvalue weighted by Gasteiger charge is -2.32. The molecule has 4 nitrogen and oxygen atoms in total. The lowest BCUT2D eigenvalue weighted by Crippen LogP contribution is -2.35. The number of hydrogen-bond acceptors (Lipinski definition) is 4. The molecule has 2 aromatic rings. The van der Waals surface area contributed by atoms with Crippen molar-refractivity contribution < 1.29 is 0 Å². The number of benzene rings is 1. The number of aryl methyl sites for hydroxylation is 2. The summed E-state index contributed by atoms with van der Waals surface area (Å²) in [5.41, 5.74) is 3.19. The van der Waals surface area contributed by atoms with Crippen LogP contribution in [0.1, 0.15) is 31.0 Å². The van der Waals surface area contributed by atoms with Gasteiger partial charge in [-0.05, 0) is 50.3 Å². The van der Waals surface area contributed by atoms with Crippen LogP contribution in [-0.2, 0) is 0 Å². The fraction of sp³-hybridized carbons (Fsp3) is 0.444. The zero-order valence-electron chi connectivity index (χ0n) is 13.9. The van der Waals surface area contributed by atoms with Gasteiger partial charge in [-0.1, -0.05) is 28.9 Å². The van der Waals surface area contributed by atoms with Gasteiger partial charge in [-0.2, -0.15) is 4.98 Å². The van der Waals surface area contributed by atoms with E-state index in [1.807, 2.05) is 6.92 Å². The Morgan fingerprint density at radius 3 is 2.78 bits per heavy atom. The van der Waals surface area contributed by atoms with Crippen LogP contribution in [0.5, 0.6) is 0 Å². The molecule has 2 heterocycles. The number of piperidine rings is 1. The molecule has 1 aliphatic heterocycles. The fourth-order valence-corrected chi connectivity index (χ4v) is 3.35. The zero-order valence-corrected chi connectivity index (χ0v) is 15.5. The lowest BCUT2D eigenvalue weighted by atomic mass is 10.0. The first-order valence-corrected chi connectivity index (χ1v) is 8.94. The maximum atomic E-state index is 4.73. The van der Waals surface area contributed by atoms with Gasteiger partial charge < -0.3 is 10.2 Å². The summed E-state index contributed by atoms with van der Waals surface area (Å²) < 4.78 is 1.08. The summed E-state index contributed by atoms with van der Waals surface area (Å²) in [6, 6.07) is 8.27. The van der Waals surface area contributed by atoms with Gasteiger partial charge in [0, 0.05) is 35.0 Å². The molecule has 5 heteroatoms. The third kappa shape index (κ3) is 4.02. The first-order valence-electron chi connectivity index (χ1n) is 8.15. The molecule has 0 spiro atoms. The fourth-order valence-electron chi connectivity index (χ4n) is 2.97. The molecule has 1 aromatic carbocycles. The van der Waals surface area contributed by atoms with Gasteiger partial charge in [-0.3, -0.25) is 0 Å². The van der Waals surface area contributed by atoms with Gasteiger partial charge >= 0.3 is 0 Å². The van der Waals surface area contributed by atoms with Gasteiger partial charge in [0.1, 0.15) is 5.82 Å². The molecule has 1 aromatic heterocycles. The van der Waals surface area contributed by atoms with Crippen LogP contribution >= 0.6 is 15.9 Å². The Morgan fingerprint density at radius 2 is 2.04 bits per heavy atom. The summed E-state index contributed by atoms with van der Waals surface area (Å²) in [5, 5.41) is 3.32. The van der Waals surface area contributed by atoms with E-state index < -0.39 is 0 Å². The molecule has 0 amide bonds. The third-order valence-corrected chi connectivity index (χ3v) is 5.10. The Kier molecular flexibility index (Phi) is 4.85. The van der Waals surface area contributed by atoms with Crippen molar-refractivity contribution in [2.45, 2.75) is 33.6 Å². The molecule has 23 heavy (non-hydrogen) atoms. The first kappa shape index (κ1) is 16.2. The Labute approximate surface area is 146 Å². The normalized spacial score (nSPS) is 18.1. The molecule has 122 valence electrons. The van der Waals surface area contributed by atoms with Crippen molar-refractivity contribution in [3.05, 3.63) is 40.0 Å². The molecule has 0 radical (unpaired) electrons. The third-order valence-electron chi connectivity index (χ3n) is 4.25. The highest BCUT2D eigenvalue weighted by Crippen LogP contribution is 2.25. The van der Waals surface area contributed by atoms with Crippen LogP contribution in [0.15, 0.2) is 28.7 Å². The van der Waals surface area contributed by atoms with Crippen molar-refractivity contribution in [3.8, 4) is 0 Å². The Bertz CT molecular complexity index is 701. The van der Waals surface area contributed by atoms with Crippen LogP contribution in [0.25, 0.3) is 0 Å². The smallest absolute Gasteiger partial charge is 0.229 e. The van der Waals surface area contributed by atoms with Crippen LogP contribution in [0.3, 0.4) is 0 Å². The topological polar surface area (TPSA) is 41.1 Å². The van der Waals surface area contributed by atoms with Gasteiger partial charge in [0.05, 0.1) is 0 Å². The second-order valence-corrected chi connectivity index (χ2v) is 7.33. The Balaban J connectivity index is 1.83. The van der Waals surface area contributed by atoms with Gasteiger partial charge in [0.2, 0.25) is 5.95 Å². The van der Waals surface area contributed by atoms with Crippen molar-refractivity contribution in [2.75, 3.05) is 23.3 Å². The summed E-state index contributed by atoms with van der Waals surface area (Å²) in [5.74, 6) is 2.41. The molecule has 1 fully saturated rings. The van der Waals surface area contributed by atoms with Crippen molar-refractivity contribution >= 4 is 33.4 Å². The molecule has 1 aliphatic rings. The number of nitrogens with zero attached hydrogens (tertiary/aromatic N) is 3. The quantitative estimate of drug-likeness (QED) is 0.834. The van der Waals surface area contributed by atoms with E-state index in [0.717, 1.165) is 40.7 Å². The van der Waals surface area contributed by atoms with Gasteiger partial charge in [0.15, 0.2) is 0 Å². The van der Waals surface area contributed by atoms with Gasteiger partial charge in [0.25, 0.3) is 0 Å². The van der Waals surface area contributed by atoms with Crippen molar-refractivity contribution in [1.29, 1.82) is 0 Å². The SMILES string of the molecule is Cc1cc(N2CCCC(C)C2)nc(Nc2ccc(C)c(Br)c2)n1. The maximum Gasteiger partial charge on any atom is 0.229 e. The molecule has 1 unspecified atom stereocenters. The zero-order chi connectivity index (χ0) is 16.4. The summed E-state index contributed by atoms with van der Waals surface area (Å²) >= 11 is 3.57. The van der Waals surface area contributed by atoms with E-state index in [1.54, 1.807) is 0 Å². The number of anilines is 3. The first-order chi connectivity index (χ1) is 11.0. The van der Waals surface area contributed by atoms with Crippen LogP contribution < -0.4 is 10.2 Å². The van der Waals surface area contributed by atoms with Crippen LogP contribution in [-0.4, -0.2) is 23.1 Å². The van der Waals surface area contributed by atoms with E-state index in [-0.39, 0.29) is 0 Å². The number of rotatable bonds is 3. The number of halogens is 1. The predicted octanol–water partition coefficient (Wildman–Crippen LogP) is 4.84. The number of nitrogens with one attached hydrogen (secondary N) is 1. The van der Waals surface area contributed by atoms with E-state index in [9.17, 15) is 0 Å². The van der Waals surface area contributed by atoms with Crippen molar-refractivity contribution in [2.24, 2.45) is 5.92 Å². The van der Waals surface area contributed by atoms with Crippen LogP contribution in [0.4, 0.5) is 17.5 Å². The van der Waals surface area contributed by atoms with E-state index in [4.69, 9.17) is 4.98 Å². The highest BCUT2D eigenvalue weighted by atomic mass is 79.9. The van der Waals surface area contributed by atoms with Gasteiger partial charge in [-0.15, -0.1) is 0 Å². The monoisotopic (exact) mass is 374 g/mol. The van der Waals surface area contributed by atoms with E-state index in [1.165, 1.54) is 18.4 Å². The number of aromatic nitrogens is 2. The van der Waals surface area contributed by atoms with E-state index >= 15 is 0 Å². The Morgan fingerprint density at radius 1 is 1.22 bits per heavy atom. The van der Waals surface area contributed by atoms with E-state index in [0.29, 0.717) is 5.95 Å². The second-order valence-electron chi connectivity index (χ2n) is 6.47. The minimum atomic E-state index is 0.661. The summed E-state index contributed by atoms with van der Waals surface area (Å²) in [6.45, 7) is 8.56. The molecule has 3 rings (SSSR count). The summed E-state index contributed by atoms with van der Waals surface area (Å²) in [6.07, 6.45) is 2.54. The molecular formula is C18H23BrN4. The van der Waals surface area contributed by atoms with Crippen LogP contribution in [0, 0.1) is 19.8 Å². The van der Waals surface area contributed by atoms with E-state index in [2.05, 4.69) is 69.2 Å². The van der Waals surface area contributed by atoms with Crippen molar-refractivity contribution in [1.82, 2.24) is 9.97 Å². The van der Waals surface area contributed by atoms with Crippen LogP contribution in [0.2, 0.25) is 0 Å². The molecule has 1 atom stereocenters. The largest absolute Gasteiger partial charge is 0.356 e. The lowest BCUT2D eigenvalue weighted by molar-refractivity contribution is 0.444. The average molecular weight is 375 g/mol. The molecule has 1 N–H and O–H groups in total. The summed E-state index contributed by atoms with van der Waals surface area (Å²) in [4.78, 5) is 11.6. The van der Waals surface area contributed by atoms with Gasteiger partial charge in [-0.25, -0.2) is 4.98 Å². The molecule has 1 saturated heterocycles. The Hall–Kier alpha value is -1.62. The van der Waals surface area contributed by atoms with Crippen molar-refractivity contribution in [3.63, 3.8) is 0 Å². The molecule has 0 bridgehead atoms.